The molecule has 88 valence electrons. The molecule has 15 heavy (non-hydrogen) atoms. The van der Waals surface area contributed by atoms with Crippen LogP contribution in [0.2, 0.25) is 0 Å². The fourth-order valence-corrected chi connectivity index (χ4v) is 1.71. The molecule has 0 aromatic rings. The fraction of sp³-hybridized carbons (Fsp3) is 0.917. The van der Waals surface area contributed by atoms with Gasteiger partial charge in [-0.25, -0.2) is 0 Å². The van der Waals surface area contributed by atoms with E-state index in [1.807, 2.05) is 20.8 Å². The molecule has 0 saturated carbocycles. The Morgan fingerprint density at radius 3 is 2.47 bits per heavy atom. The van der Waals surface area contributed by atoms with Crippen LogP contribution in [0, 0.1) is 11.3 Å². The molecule has 1 rings (SSSR count). The summed E-state index contributed by atoms with van der Waals surface area (Å²) >= 11 is 0. The van der Waals surface area contributed by atoms with E-state index in [4.69, 9.17) is 4.74 Å². The first-order chi connectivity index (χ1) is 7.00. The highest BCUT2D eigenvalue weighted by atomic mass is 16.5. The lowest BCUT2D eigenvalue weighted by atomic mass is 9.95. The van der Waals surface area contributed by atoms with Crippen LogP contribution in [0.3, 0.4) is 0 Å². The molecule has 0 spiro atoms. The molecule has 0 bridgehead atoms. The second kappa shape index (κ2) is 5.50. The van der Waals surface area contributed by atoms with Gasteiger partial charge < -0.3 is 10.1 Å². The number of carbonyl (C=O) groups is 1. The molecule has 1 aliphatic rings. The zero-order chi connectivity index (χ0) is 11.3. The number of hydrogen-bond donors (Lipinski definition) is 1. The van der Waals surface area contributed by atoms with E-state index in [9.17, 15) is 4.79 Å². The van der Waals surface area contributed by atoms with Crippen molar-refractivity contribution in [3.8, 4) is 0 Å². The third kappa shape index (κ3) is 4.65. The van der Waals surface area contributed by atoms with Crippen molar-refractivity contribution in [3.63, 3.8) is 0 Å². The fourth-order valence-electron chi connectivity index (χ4n) is 1.71. The Bertz CT molecular complexity index is 202. The Kier molecular flexibility index (Phi) is 4.58. The Balaban J connectivity index is 2.12. The summed E-state index contributed by atoms with van der Waals surface area (Å²) < 4.78 is 5.25. The highest BCUT2D eigenvalue weighted by Crippen LogP contribution is 2.18. The predicted molar refractivity (Wildman–Crippen MR) is 60.6 cm³/mol. The zero-order valence-corrected chi connectivity index (χ0v) is 10.1. The SMILES string of the molecule is CC(C)(C)C(=O)OCCC1CCNCC1. The average Bonchev–Trinajstić information content (AvgIpc) is 2.18. The molecule has 0 radical (unpaired) electrons. The topological polar surface area (TPSA) is 38.3 Å². The molecule has 0 aliphatic carbocycles. The van der Waals surface area contributed by atoms with Crippen molar-refractivity contribution in [2.45, 2.75) is 40.0 Å². The summed E-state index contributed by atoms with van der Waals surface area (Å²) in [5, 5.41) is 3.33. The molecule has 0 atom stereocenters. The minimum absolute atomic E-state index is 0.0866. The second-order valence-corrected chi connectivity index (χ2v) is 5.37. The summed E-state index contributed by atoms with van der Waals surface area (Å²) in [5.74, 6) is 0.649. The summed E-state index contributed by atoms with van der Waals surface area (Å²) in [5.41, 5.74) is -0.367. The molecular weight excluding hydrogens is 190 g/mol. The first kappa shape index (κ1) is 12.5. The van der Waals surface area contributed by atoms with Crippen molar-refractivity contribution in [2.24, 2.45) is 11.3 Å². The number of ether oxygens (including phenoxy) is 1. The predicted octanol–water partition coefficient (Wildman–Crippen LogP) is 1.97. The van der Waals surface area contributed by atoms with Crippen molar-refractivity contribution < 1.29 is 9.53 Å². The van der Waals surface area contributed by atoms with Gasteiger partial charge in [-0.05, 0) is 59.0 Å². The highest BCUT2D eigenvalue weighted by Gasteiger charge is 2.23. The third-order valence-electron chi connectivity index (χ3n) is 2.83. The van der Waals surface area contributed by atoms with E-state index in [2.05, 4.69) is 5.32 Å². The minimum atomic E-state index is -0.367. The van der Waals surface area contributed by atoms with E-state index in [1.165, 1.54) is 12.8 Å². The summed E-state index contributed by atoms with van der Waals surface area (Å²) in [7, 11) is 0. The molecule has 1 saturated heterocycles. The van der Waals surface area contributed by atoms with E-state index in [-0.39, 0.29) is 11.4 Å². The molecule has 3 heteroatoms. The van der Waals surface area contributed by atoms with E-state index in [0.717, 1.165) is 25.4 Å². The van der Waals surface area contributed by atoms with E-state index in [1.54, 1.807) is 0 Å². The Morgan fingerprint density at radius 1 is 1.33 bits per heavy atom. The van der Waals surface area contributed by atoms with Crippen molar-refractivity contribution in [1.82, 2.24) is 5.32 Å². The lowest BCUT2D eigenvalue weighted by molar-refractivity contribution is -0.153. The molecule has 1 fully saturated rings. The molecule has 0 aromatic carbocycles. The standard InChI is InChI=1S/C12H23NO2/c1-12(2,3)11(14)15-9-6-10-4-7-13-8-5-10/h10,13H,4-9H2,1-3H3. The van der Waals surface area contributed by atoms with Gasteiger partial charge in [-0.3, -0.25) is 4.79 Å². The summed E-state index contributed by atoms with van der Waals surface area (Å²) in [6.45, 7) is 8.47. The van der Waals surface area contributed by atoms with Gasteiger partial charge in [-0.2, -0.15) is 0 Å². The van der Waals surface area contributed by atoms with Crippen molar-refractivity contribution in [3.05, 3.63) is 0 Å². The molecule has 3 nitrogen and oxygen atoms in total. The molecule has 1 aliphatic heterocycles. The van der Waals surface area contributed by atoms with Gasteiger partial charge in [0.2, 0.25) is 0 Å². The second-order valence-electron chi connectivity index (χ2n) is 5.37. The van der Waals surface area contributed by atoms with Gasteiger partial charge in [0.25, 0.3) is 0 Å². The Labute approximate surface area is 92.6 Å². The number of piperidine rings is 1. The van der Waals surface area contributed by atoms with E-state index in [0.29, 0.717) is 6.61 Å². The van der Waals surface area contributed by atoms with Crippen LogP contribution in [0.5, 0.6) is 0 Å². The zero-order valence-electron chi connectivity index (χ0n) is 10.1. The van der Waals surface area contributed by atoms with Crippen LogP contribution in [0.15, 0.2) is 0 Å². The molecule has 0 aromatic heterocycles. The van der Waals surface area contributed by atoms with Crippen LogP contribution in [-0.4, -0.2) is 25.7 Å². The lowest BCUT2D eigenvalue weighted by Crippen LogP contribution is -2.29. The van der Waals surface area contributed by atoms with Crippen LogP contribution in [0.25, 0.3) is 0 Å². The highest BCUT2D eigenvalue weighted by molar-refractivity contribution is 5.75. The van der Waals surface area contributed by atoms with Gasteiger partial charge in [-0.1, -0.05) is 0 Å². The van der Waals surface area contributed by atoms with Crippen molar-refractivity contribution in [2.75, 3.05) is 19.7 Å². The van der Waals surface area contributed by atoms with Gasteiger partial charge in [0.1, 0.15) is 0 Å². The first-order valence-corrected chi connectivity index (χ1v) is 5.88. The minimum Gasteiger partial charge on any atom is -0.465 e. The molecular formula is C12H23NO2. The number of esters is 1. The van der Waals surface area contributed by atoms with Crippen LogP contribution >= 0.6 is 0 Å². The molecule has 1 N–H and O–H groups in total. The van der Waals surface area contributed by atoms with Gasteiger partial charge >= 0.3 is 5.97 Å². The molecule has 1 heterocycles. The van der Waals surface area contributed by atoms with Crippen LogP contribution < -0.4 is 5.32 Å². The summed E-state index contributed by atoms with van der Waals surface area (Å²) in [6.07, 6.45) is 3.45. The van der Waals surface area contributed by atoms with Crippen molar-refractivity contribution >= 4 is 5.97 Å². The maximum Gasteiger partial charge on any atom is 0.311 e. The maximum absolute atomic E-state index is 11.5. The summed E-state index contributed by atoms with van der Waals surface area (Å²) in [6, 6.07) is 0. The summed E-state index contributed by atoms with van der Waals surface area (Å²) in [4.78, 5) is 11.5. The van der Waals surface area contributed by atoms with Crippen LogP contribution in [-0.2, 0) is 9.53 Å². The Morgan fingerprint density at radius 2 is 1.93 bits per heavy atom. The largest absolute Gasteiger partial charge is 0.465 e. The normalized spacial score (nSPS) is 18.9. The lowest BCUT2D eigenvalue weighted by Gasteiger charge is -2.23. The maximum atomic E-state index is 11.5. The van der Waals surface area contributed by atoms with Gasteiger partial charge in [0.05, 0.1) is 12.0 Å². The number of hydrogen-bond acceptors (Lipinski definition) is 3. The van der Waals surface area contributed by atoms with Gasteiger partial charge in [0.15, 0.2) is 0 Å². The Hall–Kier alpha value is -0.570. The van der Waals surface area contributed by atoms with Crippen molar-refractivity contribution in [1.29, 1.82) is 0 Å². The van der Waals surface area contributed by atoms with Crippen LogP contribution in [0.1, 0.15) is 40.0 Å². The number of nitrogens with one attached hydrogen (secondary N) is 1. The quantitative estimate of drug-likeness (QED) is 0.728. The molecule has 0 unspecified atom stereocenters. The van der Waals surface area contributed by atoms with E-state index >= 15 is 0 Å². The average molecular weight is 213 g/mol. The number of carbonyl (C=O) groups excluding carboxylic acids is 1. The smallest absolute Gasteiger partial charge is 0.311 e. The number of rotatable bonds is 3. The van der Waals surface area contributed by atoms with Gasteiger partial charge in [-0.15, -0.1) is 0 Å². The first-order valence-electron chi connectivity index (χ1n) is 5.88. The molecule has 0 amide bonds. The van der Waals surface area contributed by atoms with Crippen LogP contribution in [0.4, 0.5) is 0 Å². The monoisotopic (exact) mass is 213 g/mol. The van der Waals surface area contributed by atoms with Gasteiger partial charge in [0, 0.05) is 0 Å². The third-order valence-corrected chi connectivity index (χ3v) is 2.83. The van der Waals surface area contributed by atoms with E-state index < -0.39 is 0 Å².